The number of aromatic nitrogens is 2. The number of anilines is 1. The Morgan fingerprint density at radius 2 is 2.00 bits per heavy atom. The molecule has 2 aromatic heterocycles. The fraction of sp³-hybridized carbons (Fsp3) is 0.286. The van der Waals surface area contributed by atoms with Crippen LogP contribution in [0.1, 0.15) is 21.2 Å². The van der Waals surface area contributed by atoms with Crippen LogP contribution in [-0.2, 0) is 13.1 Å². The lowest BCUT2D eigenvalue weighted by Crippen LogP contribution is -2.45. The van der Waals surface area contributed by atoms with Gasteiger partial charge in [-0.3, -0.25) is 14.7 Å². The van der Waals surface area contributed by atoms with Crippen LogP contribution in [0.3, 0.4) is 0 Å². The van der Waals surface area contributed by atoms with Crippen molar-refractivity contribution in [3.63, 3.8) is 0 Å². The topological polar surface area (TPSA) is 61.4 Å². The van der Waals surface area contributed by atoms with Crippen LogP contribution in [0.2, 0.25) is 5.02 Å². The molecule has 0 unspecified atom stereocenters. The van der Waals surface area contributed by atoms with Gasteiger partial charge in [0.1, 0.15) is 10.7 Å². The van der Waals surface area contributed by atoms with Crippen LogP contribution in [0.25, 0.3) is 0 Å². The number of halogens is 1. The molecule has 0 spiro atoms. The first-order valence-corrected chi connectivity index (χ1v) is 10.8. The second kappa shape index (κ2) is 9.35. The number of pyridine rings is 1. The first kappa shape index (κ1) is 19.8. The van der Waals surface area contributed by atoms with E-state index in [-0.39, 0.29) is 5.91 Å². The van der Waals surface area contributed by atoms with Gasteiger partial charge >= 0.3 is 0 Å². The van der Waals surface area contributed by atoms with E-state index in [1.54, 1.807) is 6.20 Å². The molecule has 1 saturated heterocycles. The van der Waals surface area contributed by atoms with E-state index in [4.69, 9.17) is 11.6 Å². The van der Waals surface area contributed by atoms with Crippen molar-refractivity contribution in [2.45, 2.75) is 13.1 Å². The maximum atomic E-state index is 12.3. The molecule has 4 rings (SSSR count). The monoisotopic (exact) mass is 427 g/mol. The molecule has 150 valence electrons. The van der Waals surface area contributed by atoms with E-state index in [0.29, 0.717) is 12.2 Å². The molecule has 0 radical (unpaired) electrons. The lowest BCUT2D eigenvalue weighted by Gasteiger charge is -2.35. The van der Waals surface area contributed by atoms with E-state index >= 15 is 0 Å². The summed E-state index contributed by atoms with van der Waals surface area (Å²) in [6.07, 6.45) is 1.72. The van der Waals surface area contributed by atoms with Crippen molar-refractivity contribution >= 4 is 34.5 Å². The summed E-state index contributed by atoms with van der Waals surface area (Å²) in [6, 6.07) is 13.6. The minimum absolute atomic E-state index is 0.163. The molecule has 6 nitrogen and oxygen atoms in total. The molecule has 0 atom stereocenters. The standard InChI is InChI=1S/C21H22ClN5OS/c22-16-4-3-6-18(12-16)27-10-8-26(9-11-27)14-20-25-19(15-29-20)21(28)24-13-17-5-1-2-7-23-17/h1-7,12,15H,8-11,13-14H2,(H,24,28). The number of hydrogen-bond donors (Lipinski definition) is 1. The summed E-state index contributed by atoms with van der Waals surface area (Å²) >= 11 is 7.64. The highest BCUT2D eigenvalue weighted by Gasteiger charge is 2.19. The Morgan fingerprint density at radius 3 is 2.76 bits per heavy atom. The first-order valence-electron chi connectivity index (χ1n) is 9.53. The fourth-order valence-corrected chi connectivity index (χ4v) is 4.28. The van der Waals surface area contributed by atoms with Gasteiger partial charge in [-0.1, -0.05) is 23.7 Å². The zero-order chi connectivity index (χ0) is 20.1. The minimum atomic E-state index is -0.163. The number of benzene rings is 1. The Morgan fingerprint density at radius 1 is 1.14 bits per heavy atom. The summed E-state index contributed by atoms with van der Waals surface area (Å²) in [5.41, 5.74) is 2.46. The highest BCUT2D eigenvalue weighted by atomic mass is 35.5. The molecule has 8 heteroatoms. The Balaban J connectivity index is 1.27. The number of thiazole rings is 1. The molecule has 0 bridgehead atoms. The lowest BCUT2D eigenvalue weighted by molar-refractivity contribution is 0.0945. The molecule has 1 amide bonds. The van der Waals surface area contributed by atoms with Gasteiger partial charge < -0.3 is 10.2 Å². The summed E-state index contributed by atoms with van der Waals surface area (Å²) in [5, 5.41) is 6.42. The summed E-state index contributed by atoms with van der Waals surface area (Å²) in [4.78, 5) is 25.8. The molecule has 3 heterocycles. The predicted octanol–water partition coefficient (Wildman–Crippen LogP) is 3.44. The van der Waals surface area contributed by atoms with Crippen molar-refractivity contribution < 1.29 is 4.79 Å². The highest BCUT2D eigenvalue weighted by molar-refractivity contribution is 7.09. The maximum absolute atomic E-state index is 12.3. The SMILES string of the molecule is O=C(NCc1ccccn1)c1csc(CN2CCN(c3cccc(Cl)c3)CC2)n1. The van der Waals surface area contributed by atoms with Gasteiger partial charge in [-0.2, -0.15) is 0 Å². The zero-order valence-corrected chi connectivity index (χ0v) is 17.5. The lowest BCUT2D eigenvalue weighted by atomic mass is 10.2. The van der Waals surface area contributed by atoms with Crippen molar-refractivity contribution in [2.24, 2.45) is 0 Å². The number of carbonyl (C=O) groups is 1. The number of carbonyl (C=O) groups excluding carboxylic acids is 1. The minimum Gasteiger partial charge on any atom is -0.369 e. The smallest absolute Gasteiger partial charge is 0.271 e. The second-order valence-corrected chi connectivity index (χ2v) is 8.25. The Kier molecular flexibility index (Phi) is 6.39. The van der Waals surface area contributed by atoms with Gasteiger partial charge in [-0.05, 0) is 30.3 Å². The summed E-state index contributed by atoms with van der Waals surface area (Å²) in [7, 11) is 0. The van der Waals surface area contributed by atoms with E-state index < -0.39 is 0 Å². The van der Waals surface area contributed by atoms with Gasteiger partial charge in [0.2, 0.25) is 0 Å². The molecule has 1 aliphatic rings. The van der Waals surface area contributed by atoms with Crippen LogP contribution < -0.4 is 10.2 Å². The van der Waals surface area contributed by atoms with Gasteiger partial charge in [0.25, 0.3) is 5.91 Å². The average molecular weight is 428 g/mol. The Bertz CT molecular complexity index is 956. The van der Waals surface area contributed by atoms with Gasteiger partial charge in [-0.15, -0.1) is 11.3 Å². The molecule has 0 saturated carbocycles. The van der Waals surface area contributed by atoms with E-state index in [0.717, 1.165) is 48.4 Å². The van der Waals surface area contributed by atoms with Crippen molar-refractivity contribution in [3.05, 3.63) is 75.5 Å². The van der Waals surface area contributed by atoms with E-state index in [2.05, 4.69) is 31.2 Å². The number of nitrogens with zero attached hydrogens (tertiary/aromatic N) is 4. The van der Waals surface area contributed by atoms with Crippen molar-refractivity contribution in [3.8, 4) is 0 Å². The van der Waals surface area contributed by atoms with Crippen LogP contribution in [0.4, 0.5) is 5.69 Å². The van der Waals surface area contributed by atoms with E-state index in [1.165, 1.54) is 17.0 Å². The van der Waals surface area contributed by atoms with Gasteiger partial charge in [0.05, 0.1) is 18.8 Å². The molecule has 29 heavy (non-hydrogen) atoms. The third-order valence-corrected chi connectivity index (χ3v) is 5.91. The molecule has 1 aromatic carbocycles. The molecule has 0 aliphatic carbocycles. The molecule has 1 N–H and O–H groups in total. The van der Waals surface area contributed by atoms with Crippen molar-refractivity contribution in [1.82, 2.24) is 20.2 Å². The second-order valence-electron chi connectivity index (χ2n) is 6.87. The van der Waals surface area contributed by atoms with E-state index in [9.17, 15) is 4.79 Å². The molecule has 3 aromatic rings. The van der Waals surface area contributed by atoms with Crippen molar-refractivity contribution in [1.29, 1.82) is 0 Å². The van der Waals surface area contributed by atoms with Gasteiger partial charge in [0, 0.05) is 48.5 Å². The van der Waals surface area contributed by atoms with Gasteiger partial charge in [-0.25, -0.2) is 4.98 Å². The average Bonchev–Trinajstić information content (AvgIpc) is 3.22. The molecule has 1 aliphatic heterocycles. The normalized spacial score (nSPS) is 14.7. The Hall–Kier alpha value is -2.48. The number of piperazine rings is 1. The third kappa shape index (κ3) is 5.32. The van der Waals surface area contributed by atoms with Crippen LogP contribution in [-0.4, -0.2) is 47.0 Å². The maximum Gasteiger partial charge on any atom is 0.271 e. The Labute approximate surface area is 179 Å². The third-order valence-electron chi connectivity index (χ3n) is 4.85. The molecular formula is C21H22ClN5OS. The molecule has 1 fully saturated rings. The summed E-state index contributed by atoms with van der Waals surface area (Å²) in [5.74, 6) is -0.163. The van der Waals surface area contributed by atoms with Crippen LogP contribution in [0.5, 0.6) is 0 Å². The van der Waals surface area contributed by atoms with Crippen LogP contribution in [0.15, 0.2) is 54.0 Å². The predicted molar refractivity (Wildman–Crippen MR) is 116 cm³/mol. The fourth-order valence-electron chi connectivity index (χ4n) is 3.28. The molecular weight excluding hydrogens is 406 g/mol. The highest BCUT2D eigenvalue weighted by Crippen LogP contribution is 2.21. The van der Waals surface area contributed by atoms with Crippen LogP contribution in [0, 0.1) is 0 Å². The number of hydrogen-bond acceptors (Lipinski definition) is 6. The van der Waals surface area contributed by atoms with Crippen molar-refractivity contribution in [2.75, 3.05) is 31.1 Å². The van der Waals surface area contributed by atoms with E-state index in [1.807, 2.05) is 41.8 Å². The quantitative estimate of drug-likeness (QED) is 0.652. The van der Waals surface area contributed by atoms with Crippen LogP contribution >= 0.6 is 22.9 Å². The largest absolute Gasteiger partial charge is 0.369 e. The summed E-state index contributed by atoms with van der Waals surface area (Å²) < 4.78 is 0. The van der Waals surface area contributed by atoms with Gasteiger partial charge in [0.15, 0.2) is 0 Å². The number of nitrogens with one attached hydrogen (secondary N) is 1. The zero-order valence-electron chi connectivity index (χ0n) is 15.9. The number of amides is 1. The first-order chi connectivity index (χ1) is 14.2. The number of rotatable bonds is 6. The summed E-state index contributed by atoms with van der Waals surface area (Å²) in [6.45, 7) is 4.96.